The fourth-order valence-electron chi connectivity index (χ4n) is 1.60. The van der Waals surface area contributed by atoms with Crippen molar-refractivity contribution in [1.29, 1.82) is 0 Å². The van der Waals surface area contributed by atoms with Gasteiger partial charge in [-0.15, -0.1) is 12.4 Å². The van der Waals surface area contributed by atoms with Crippen LogP contribution in [-0.2, 0) is 4.74 Å². The van der Waals surface area contributed by atoms with Gasteiger partial charge in [0.15, 0.2) is 0 Å². The van der Waals surface area contributed by atoms with Gasteiger partial charge in [-0.2, -0.15) is 4.98 Å². The molecule has 96 valence electrons. The molecular formula is C8H13ClN4O4. The standard InChI is InChI=1S/C8H12N4O4.ClH/c9-7-10-3-12(8(15)11-7)6-1-4(14)5(2-13)16-6;/h3-6,13-14H,1-2H2,(H2,9,11,15);1H/t4-,5?,6+;/m0./s1. The molecule has 0 bridgehead atoms. The summed E-state index contributed by atoms with van der Waals surface area (Å²) in [4.78, 5) is 18.5. The van der Waals surface area contributed by atoms with E-state index in [1.807, 2.05) is 0 Å². The molecule has 1 fully saturated rings. The van der Waals surface area contributed by atoms with Gasteiger partial charge in [0.25, 0.3) is 0 Å². The highest BCUT2D eigenvalue weighted by Crippen LogP contribution is 2.26. The number of nitrogens with zero attached hydrogens (tertiary/aromatic N) is 3. The Balaban J connectivity index is 0.00000144. The van der Waals surface area contributed by atoms with E-state index in [0.29, 0.717) is 0 Å². The third kappa shape index (κ3) is 2.72. The van der Waals surface area contributed by atoms with Gasteiger partial charge in [0, 0.05) is 6.42 Å². The molecular weight excluding hydrogens is 252 g/mol. The quantitative estimate of drug-likeness (QED) is 0.581. The Morgan fingerprint density at radius 2 is 2.35 bits per heavy atom. The van der Waals surface area contributed by atoms with Crippen molar-refractivity contribution < 1.29 is 14.9 Å². The minimum absolute atomic E-state index is 0. The van der Waals surface area contributed by atoms with Crippen molar-refractivity contribution in [1.82, 2.24) is 14.5 Å². The highest BCUT2D eigenvalue weighted by molar-refractivity contribution is 5.85. The molecule has 0 amide bonds. The maximum absolute atomic E-state index is 11.4. The van der Waals surface area contributed by atoms with E-state index in [4.69, 9.17) is 15.6 Å². The van der Waals surface area contributed by atoms with Crippen LogP contribution in [0.2, 0.25) is 0 Å². The minimum Gasteiger partial charge on any atom is -0.394 e. The molecule has 0 radical (unpaired) electrons. The van der Waals surface area contributed by atoms with Crippen molar-refractivity contribution in [3.05, 3.63) is 16.8 Å². The molecule has 0 spiro atoms. The van der Waals surface area contributed by atoms with Gasteiger partial charge in [0.2, 0.25) is 5.95 Å². The summed E-state index contributed by atoms with van der Waals surface area (Å²) >= 11 is 0. The molecule has 3 atom stereocenters. The molecule has 8 nitrogen and oxygen atoms in total. The van der Waals surface area contributed by atoms with Crippen LogP contribution in [0.3, 0.4) is 0 Å². The molecule has 0 saturated carbocycles. The Labute approximate surface area is 102 Å². The molecule has 1 saturated heterocycles. The van der Waals surface area contributed by atoms with E-state index in [0.717, 1.165) is 4.57 Å². The molecule has 9 heteroatoms. The summed E-state index contributed by atoms with van der Waals surface area (Å²) in [5.74, 6) is -0.112. The lowest BCUT2D eigenvalue weighted by Gasteiger charge is -2.13. The first-order chi connectivity index (χ1) is 7.61. The predicted molar refractivity (Wildman–Crippen MR) is 59.6 cm³/mol. The Bertz CT molecular complexity index is 440. The molecule has 2 rings (SSSR count). The monoisotopic (exact) mass is 264 g/mol. The third-order valence-electron chi connectivity index (χ3n) is 2.44. The number of anilines is 1. The van der Waals surface area contributed by atoms with E-state index < -0.39 is 24.1 Å². The number of aromatic nitrogens is 3. The van der Waals surface area contributed by atoms with E-state index in [2.05, 4.69) is 9.97 Å². The van der Waals surface area contributed by atoms with Crippen molar-refractivity contribution in [2.45, 2.75) is 24.9 Å². The van der Waals surface area contributed by atoms with E-state index in [1.165, 1.54) is 6.33 Å². The van der Waals surface area contributed by atoms with Gasteiger partial charge < -0.3 is 20.7 Å². The SMILES string of the molecule is Cl.Nc1ncn([C@H]2C[C@H](O)C(CO)O2)c(=O)n1. The number of halogens is 1. The summed E-state index contributed by atoms with van der Waals surface area (Å²) in [5.41, 5.74) is 4.65. The molecule has 2 heterocycles. The molecule has 4 N–H and O–H groups in total. The lowest BCUT2D eigenvalue weighted by molar-refractivity contribution is -0.0462. The average molecular weight is 265 g/mol. The van der Waals surface area contributed by atoms with Gasteiger partial charge in [0.1, 0.15) is 18.7 Å². The largest absolute Gasteiger partial charge is 0.394 e. The van der Waals surface area contributed by atoms with E-state index in [1.54, 1.807) is 0 Å². The smallest absolute Gasteiger partial charge is 0.354 e. The highest BCUT2D eigenvalue weighted by Gasteiger charge is 2.35. The zero-order valence-corrected chi connectivity index (χ0v) is 9.58. The Kier molecular flexibility index (Phi) is 4.40. The first kappa shape index (κ1) is 13.8. The van der Waals surface area contributed by atoms with Gasteiger partial charge in [-0.1, -0.05) is 0 Å². The van der Waals surface area contributed by atoms with Crippen LogP contribution in [-0.4, -0.2) is 43.6 Å². The lowest BCUT2D eigenvalue weighted by Crippen LogP contribution is -2.28. The summed E-state index contributed by atoms with van der Waals surface area (Å²) in [6.45, 7) is -0.303. The van der Waals surface area contributed by atoms with Crippen LogP contribution in [0.5, 0.6) is 0 Å². The highest BCUT2D eigenvalue weighted by atomic mass is 35.5. The zero-order chi connectivity index (χ0) is 11.7. The van der Waals surface area contributed by atoms with Crippen molar-refractivity contribution in [2.75, 3.05) is 12.3 Å². The van der Waals surface area contributed by atoms with Crippen molar-refractivity contribution >= 4 is 18.4 Å². The molecule has 1 aromatic heterocycles. The summed E-state index contributed by atoms with van der Waals surface area (Å²) in [5, 5.41) is 18.4. The molecule has 0 aromatic carbocycles. The number of aliphatic hydroxyl groups excluding tert-OH is 2. The van der Waals surface area contributed by atoms with Crippen LogP contribution < -0.4 is 11.4 Å². The van der Waals surface area contributed by atoms with Crippen LogP contribution in [0.25, 0.3) is 0 Å². The second kappa shape index (κ2) is 5.41. The summed E-state index contributed by atoms with van der Waals surface area (Å²) < 4.78 is 6.41. The van der Waals surface area contributed by atoms with Crippen LogP contribution in [0.1, 0.15) is 12.6 Å². The molecule has 1 aliphatic heterocycles. The first-order valence-electron chi connectivity index (χ1n) is 4.77. The second-order valence-electron chi connectivity index (χ2n) is 3.52. The van der Waals surface area contributed by atoms with Crippen molar-refractivity contribution in [3.63, 3.8) is 0 Å². The van der Waals surface area contributed by atoms with Gasteiger partial charge in [0.05, 0.1) is 12.7 Å². The van der Waals surface area contributed by atoms with Gasteiger partial charge in [-0.3, -0.25) is 4.57 Å². The Morgan fingerprint density at radius 3 is 2.88 bits per heavy atom. The van der Waals surface area contributed by atoms with Crippen LogP contribution >= 0.6 is 12.4 Å². The van der Waals surface area contributed by atoms with E-state index in [9.17, 15) is 9.90 Å². The number of aliphatic hydroxyl groups is 2. The minimum atomic E-state index is -0.806. The molecule has 1 aromatic rings. The van der Waals surface area contributed by atoms with E-state index in [-0.39, 0.29) is 31.4 Å². The fraction of sp³-hybridized carbons (Fsp3) is 0.625. The molecule has 1 aliphatic rings. The first-order valence-corrected chi connectivity index (χ1v) is 4.77. The summed E-state index contributed by atoms with van der Waals surface area (Å²) in [7, 11) is 0. The summed E-state index contributed by atoms with van der Waals surface area (Å²) in [6, 6.07) is 0. The fourth-order valence-corrected chi connectivity index (χ4v) is 1.60. The van der Waals surface area contributed by atoms with Crippen LogP contribution in [0, 0.1) is 0 Å². The molecule has 17 heavy (non-hydrogen) atoms. The third-order valence-corrected chi connectivity index (χ3v) is 2.44. The zero-order valence-electron chi connectivity index (χ0n) is 8.76. The number of hydrogen-bond acceptors (Lipinski definition) is 7. The topological polar surface area (TPSA) is 123 Å². The maximum atomic E-state index is 11.4. The van der Waals surface area contributed by atoms with Gasteiger partial charge in [-0.05, 0) is 0 Å². The number of hydrogen-bond donors (Lipinski definition) is 3. The van der Waals surface area contributed by atoms with Crippen LogP contribution in [0.15, 0.2) is 11.1 Å². The van der Waals surface area contributed by atoms with Crippen molar-refractivity contribution in [2.24, 2.45) is 0 Å². The number of ether oxygens (including phenoxy) is 1. The summed E-state index contributed by atoms with van der Waals surface area (Å²) in [6.07, 6.45) is -0.741. The van der Waals surface area contributed by atoms with Crippen molar-refractivity contribution in [3.8, 4) is 0 Å². The van der Waals surface area contributed by atoms with Gasteiger partial charge >= 0.3 is 5.69 Å². The van der Waals surface area contributed by atoms with E-state index >= 15 is 0 Å². The number of nitrogens with two attached hydrogens (primary N) is 1. The Hall–Kier alpha value is -1.22. The Morgan fingerprint density at radius 1 is 1.65 bits per heavy atom. The molecule has 0 aliphatic carbocycles. The average Bonchev–Trinajstić information content (AvgIpc) is 2.59. The van der Waals surface area contributed by atoms with Crippen LogP contribution in [0.4, 0.5) is 5.95 Å². The normalized spacial score (nSPS) is 27.8. The number of nitrogen functional groups attached to an aromatic ring is 1. The lowest BCUT2D eigenvalue weighted by atomic mass is 10.2. The predicted octanol–water partition coefficient (Wildman–Crippen LogP) is -1.72. The maximum Gasteiger partial charge on any atom is 0.354 e. The number of rotatable bonds is 2. The second-order valence-corrected chi connectivity index (χ2v) is 3.52. The molecule has 1 unspecified atom stereocenters. The van der Waals surface area contributed by atoms with Gasteiger partial charge in [-0.25, -0.2) is 9.78 Å².